The average molecular weight is 304 g/mol. The highest BCUT2D eigenvalue weighted by Crippen LogP contribution is 2.33. The number of esters is 1. The fraction of sp³-hybridized carbons (Fsp3) is 0.438. The van der Waals surface area contributed by atoms with E-state index in [9.17, 15) is 14.4 Å². The highest BCUT2D eigenvalue weighted by molar-refractivity contribution is 6.05. The van der Waals surface area contributed by atoms with E-state index in [1.165, 1.54) is 12.0 Å². The molecule has 1 N–H and O–H groups in total. The molecule has 0 spiro atoms. The van der Waals surface area contributed by atoms with Gasteiger partial charge in [0.25, 0.3) is 5.91 Å². The molecule has 1 aliphatic rings. The van der Waals surface area contributed by atoms with Gasteiger partial charge in [0.15, 0.2) is 0 Å². The molecular weight excluding hydrogens is 284 g/mol. The molecule has 1 aromatic rings. The van der Waals surface area contributed by atoms with Crippen LogP contribution in [0.25, 0.3) is 0 Å². The second kappa shape index (κ2) is 5.79. The predicted molar refractivity (Wildman–Crippen MR) is 80.1 cm³/mol. The van der Waals surface area contributed by atoms with Crippen molar-refractivity contribution in [1.29, 1.82) is 0 Å². The topological polar surface area (TPSA) is 75.7 Å². The van der Waals surface area contributed by atoms with Crippen molar-refractivity contribution < 1.29 is 19.1 Å². The minimum atomic E-state index is -0.818. The van der Waals surface area contributed by atoms with E-state index in [1.807, 2.05) is 20.8 Å². The van der Waals surface area contributed by atoms with Gasteiger partial charge in [-0.05, 0) is 32.4 Å². The molecule has 1 aromatic carbocycles. The Balaban J connectivity index is 2.38. The summed E-state index contributed by atoms with van der Waals surface area (Å²) in [7, 11) is 1.25. The summed E-state index contributed by atoms with van der Waals surface area (Å²) >= 11 is 0. The van der Waals surface area contributed by atoms with Crippen molar-refractivity contribution in [3.63, 3.8) is 0 Å². The molecule has 0 radical (unpaired) electrons. The molecule has 0 aromatic heterocycles. The number of carbonyl (C=O) groups excluding carboxylic acids is 3. The Hall–Kier alpha value is -2.37. The first-order valence-corrected chi connectivity index (χ1v) is 7.03. The van der Waals surface area contributed by atoms with Gasteiger partial charge in [0.05, 0.1) is 7.11 Å². The standard InChI is InChI=1S/C16H20N2O4/c1-16(2,3)17-14(20)13-10-7-5-6-8-11(10)15(21)18(13)9-12(19)22-4/h5-8,13H,9H2,1-4H3,(H,17,20). The van der Waals surface area contributed by atoms with Gasteiger partial charge in [-0.15, -0.1) is 0 Å². The highest BCUT2D eigenvalue weighted by Gasteiger charge is 2.42. The lowest BCUT2D eigenvalue weighted by molar-refractivity contribution is -0.142. The quantitative estimate of drug-likeness (QED) is 0.853. The molecule has 0 fully saturated rings. The molecule has 6 heteroatoms. The van der Waals surface area contributed by atoms with Crippen LogP contribution in [0.1, 0.15) is 42.7 Å². The van der Waals surface area contributed by atoms with Crippen LogP contribution in [-0.4, -0.2) is 41.9 Å². The van der Waals surface area contributed by atoms with Gasteiger partial charge in [0, 0.05) is 11.1 Å². The zero-order valence-electron chi connectivity index (χ0n) is 13.2. The Morgan fingerprint density at radius 1 is 1.27 bits per heavy atom. The monoisotopic (exact) mass is 304 g/mol. The molecule has 0 saturated heterocycles. The van der Waals surface area contributed by atoms with E-state index >= 15 is 0 Å². The van der Waals surface area contributed by atoms with Crippen LogP contribution in [0.2, 0.25) is 0 Å². The molecule has 1 heterocycles. The van der Waals surface area contributed by atoms with Crippen LogP contribution in [0.4, 0.5) is 0 Å². The molecule has 2 rings (SSSR count). The minimum absolute atomic E-state index is 0.258. The molecule has 0 saturated carbocycles. The Bertz CT molecular complexity index is 619. The van der Waals surface area contributed by atoms with Gasteiger partial charge in [-0.3, -0.25) is 14.4 Å². The first-order valence-electron chi connectivity index (χ1n) is 7.03. The summed E-state index contributed by atoms with van der Waals surface area (Å²) in [5.41, 5.74) is 0.618. The minimum Gasteiger partial charge on any atom is -0.468 e. The Morgan fingerprint density at radius 2 is 1.91 bits per heavy atom. The summed E-state index contributed by atoms with van der Waals surface area (Å²) < 4.78 is 4.62. The number of carbonyl (C=O) groups is 3. The summed E-state index contributed by atoms with van der Waals surface area (Å²) in [6.45, 7) is 5.32. The molecule has 2 amide bonds. The van der Waals surface area contributed by atoms with E-state index in [-0.39, 0.29) is 18.4 Å². The normalized spacial score (nSPS) is 17.2. The van der Waals surface area contributed by atoms with Gasteiger partial charge in [-0.25, -0.2) is 0 Å². The smallest absolute Gasteiger partial charge is 0.325 e. The van der Waals surface area contributed by atoms with E-state index in [0.717, 1.165) is 0 Å². The Morgan fingerprint density at radius 3 is 2.50 bits per heavy atom. The maximum Gasteiger partial charge on any atom is 0.325 e. The average Bonchev–Trinajstić information content (AvgIpc) is 2.70. The predicted octanol–water partition coefficient (Wildman–Crippen LogP) is 1.27. The maximum absolute atomic E-state index is 12.6. The van der Waals surface area contributed by atoms with Crippen molar-refractivity contribution in [2.24, 2.45) is 0 Å². The van der Waals surface area contributed by atoms with Crippen LogP contribution in [0.5, 0.6) is 0 Å². The second-order valence-electron chi connectivity index (χ2n) is 6.24. The molecular formula is C16H20N2O4. The van der Waals surface area contributed by atoms with Crippen LogP contribution >= 0.6 is 0 Å². The lowest BCUT2D eigenvalue weighted by Crippen LogP contribution is -2.47. The Labute approximate surface area is 129 Å². The summed E-state index contributed by atoms with van der Waals surface area (Å²) in [4.78, 5) is 37.9. The van der Waals surface area contributed by atoms with Crippen molar-refractivity contribution in [2.75, 3.05) is 13.7 Å². The third kappa shape index (κ3) is 3.10. The molecule has 1 aliphatic heterocycles. The van der Waals surface area contributed by atoms with Crippen LogP contribution in [-0.2, 0) is 14.3 Å². The number of methoxy groups -OCH3 is 1. The molecule has 118 valence electrons. The number of nitrogens with zero attached hydrogens (tertiary/aromatic N) is 1. The van der Waals surface area contributed by atoms with Gasteiger partial charge < -0.3 is 15.0 Å². The van der Waals surface area contributed by atoms with Crippen molar-refractivity contribution in [2.45, 2.75) is 32.4 Å². The number of benzene rings is 1. The van der Waals surface area contributed by atoms with E-state index in [1.54, 1.807) is 24.3 Å². The maximum atomic E-state index is 12.6. The summed E-state index contributed by atoms with van der Waals surface area (Å²) in [5.74, 6) is -1.21. The first kappa shape index (κ1) is 16.0. The molecule has 0 aliphatic carbocycles. The zero-order valence-corrected chi connectivity index (χ0v) is 13.2. The molecule has 0 bridgehead atoms. The highest BCUT2D eigenvalue weighted by atomic mass is 16.5. The summed E-state index contributed by atoms with van der Waals surface area (Å²) in [5, 5.41) is 2.86. The lowest BCUT2D eigenvalue weighted by Gasteiger charge is -2.28. The molecule has 1 atom stereocenters. The largest absolute Gasteiger partial charge is 0.468 e. The van der Waals surface area contributed by atoms with E-state index in [4.69, 9.17) is 0 Å². The lowest BCUT2D eigenvalue weighted by atomic mass is 10.0. The van der Waals surface area contributed by atoms with Crippen molar-refractivity contribution in [1.82, 2.24) is 10.2 Å². The molecule has 1 unspecified atom stereocenters. The number of nitrogens with one attached hydrogen (secondary N) is 1. The molecule has 22 heavy (non-hydrogen) atoms. The van der Waals surface area contributed by atoms with Crippen molar-refractivity contribution >= 4 is 17.8 Å². The molecule has 6 nitrogen and oxygen atoms in total. The van der Waals surface area contributed by atoms with Gasteiger partial charge in [-0.2, -0.15) is 0 Å². The van der Waals surface area contributed by atoms with Crippen LogP contribution in [0.3, 0.4) is 0 Å². The first-order chi connectivity index (χ1) is 10.2. The SMILES string of the molecule is COC(=O)CN1C(=O)c2ccccc2C1C(=O)NC(C)(C)C. The van der Waals surface area contributed by atoms with Crippen molar-refractivity contribution in [3.8, 4) is 0 Å². The second-order valence-corrected chi connectivity index (χ2v) is 6.24. The van der Waals surface area contributed by atoms with Gasteiger partial charge in [0.2, 0.25) is 5.91 Å². The number of ether oxygens (including phenoxy) is 1. The van der Waals surface area contributed by atoms with E-state index < -0.39 is 17.6 Å². The summed E-state index contributed by atoms with van der Waals surface area (Å²) in [6.07, 6.45) is 0. The zero-order chi connectivity index (χ0) is 16.5. The Kier molecular flexibility index (Phi) is 4.21. The van der Waals surface area contributed by atoms with Gasteiger partial charge >= 0.3 is 5.97 Å². The number of fused-ring (bicyclic) bond motifs is 1. The number of hydrogen-bond acceptors (Lipinski definition) is 4. The fourth-order valence-corrected chi connectivity index (χ4v) is 2.46. The van der Waals surface area contributed by atoms with Crippen LogP contribution in [0, 0.1) is 0 Å². The number of amides is 2. The fourth-order valence-electron chi connectivity index (χ4n) is 2.46. The number of rotatable bonds is 3. The van der Waals surface area contributed by atoms with E-state index in [2.05, 4.69) is 10.1 Å². The van der Waals surface area contributed by atoms with Gasteiger partial charge in [-0.1, -0.05) is 18.2 Å². The number of hydrogen-bond donors (Lipinski definition) is 1. The third-order valence-corrected chi connectivity index (χ3v) is 3.33. The third-order valence-electron chi connectivity index (χ3n) is 3.33. The van der Waals surface area contributed by atoms with E-state index in [0.29, 0.717) is 11.1 Å². The van der Waals surface area contributed by atoms with Crippen LogP contribution < -0.4 is 5.32 Å². The summed E-state index contributed by atoms with van der Waals surface area (Å²) in [6, 6.07) is 6.08. The van der Waals surface area contributed by atoms with Gasteiger partial charge in [0.1, 0.15) is 12.6 Å². The van der Waals surface area contributed by atoms with Crippen molar-refractivity contribution in [3.05, 3.63) is 35.4 Å². The van der Waals surface area contributed by atoms with Crippen LogP contribution in [0.15, 0.2) is 24.3 Å².